The molecule has 3 nitrogen and oxygen atoms in total. The number of piperidine rings is 1. The van der Waals surface area contributed by atoms with Crippen LogP contribution in [-0.2, 0) is 6.54 Å². The van der Waals surface area contributed by atoms with Crippen LogP contribution in [0.4, 0.5) is 13.2 Å². The van der Waals surface area contributed by atoms with Crippen molar-refractivity contribution in [3.8, 4) is 22.6 Å². The van der Waals surface area contributed by atoms with Crippen LogP contribution in [0.2, 0.25) is 0 Å². The van der Waals surface area contributed by atoms with E-state index in [4.69, 9.17) is 4.74 Å². The van der Waals surface area contributed by atoms with Crippen molar-refractivity contribution in [1.82, 2.24) is 4.90 Å². The summed E-state index contributed by atoms with van der Waals surface area (Å²) in [4.78, 5) is 2.46. The molecule has 0 spiro atoms. The van der Waals surface area contributed by atoms with Crippen LogP contribution in [0.3, 0.4) is 0 Å². The molecule has 6 heteroatoms. The fourth-order valence-electron chi connectivity index (χ4n) is 5.52. The van der Waals surface area contributed by atoms with Gasteiger partial charge in [-0.3, -0.25) is 4.90 Å². The number of hydrogen-bond donors (Lipinski definition) is 0. The molecular formula is C27H26F3NO2. The summed E-state index contributed by atoms with van der Waals surface area (Å²) in [6.45, 7) is 3.97. The predicted molar refractivity (Wildman–Crippen MR) is 121 cm³/mol. The summed E-state index contributed by atoms with van der Waals surface area (Å²) in [7, 11) is 1.66. The molecule has 3 aromatic carbocycles. The van der Waals surface area contributed by atoms with Gasteiger partial charge in [0, 0.05) is 12.6 Å². The Morgan fingerprint density at radius 2 is 1.55 bits per heavy atom. The monoisotopic (exact) mass is 453 g/mol. The normalized spacial score (nSPS) is 22.2. The Balaban J connectivity index is 1.39. The smallest absolute Gasteiger partial charge is 0.497 e. The third kappa shape index (κ3) is 4.32. The molecule has 2 unspecified atom stereocenters. The molecule has 2 aliphatic rings. The summed E-state index contributed by atoms with van der Waals surface area (Å²) in [5.41, 5.74) is 6.12. The molecule has 1 aliphatic heterocycles. The van der Waals surface area contributed by atoms with Gasteiger partial charge in [0.1, 0.15) is 11.5 Å². The Morgan fingerprint density at radius 1 is 0.879 bits per heavy atom. The summed E-state index contributed by atoms with van der Waals surface area (Å²) >= 11 is 0. The van der Waals surface area contributed by atoms with E-state index in [1.54, 1.807) is 19.2 Å². The third-order valence-corrected chi connectivity index (χ3v) is 7.02. The lowest BCUT2D eigenvalue weighted by Gasteiger charge is -2.38. The van der Waals surface area contributed by atoms with Gasteiger partial charge in [0.15, 0.2) is 0 Å². The van der Waals surface area contributed by atoms with Crippen LogP contribution in [-0.4, -0.2) is 24.9 Å². The molecule has 0 aromatic heterocycles. The second-order valence-corrected chi connectivity index (χ2v) is 8.93. The van der Waals surface area contributed by atoms with Crippen molar-refractivity contribution in [2.45, 2.75) is 38.2 Å². The van der Waals surface area contributed by atoms with Crippen LogP contribution < -0.4 is 9.47 Å². The topological polar surface area (TPSA) is 21.7 Å². The van der Waals surface area contributed by atoms with Gasteiger partial charge in [0.2, 0.25) is 0 Å². The second-order valence-electron chi connectivity index (χ2n) is 8.93. The molecule has 3 aromatic rings. The number of methoxy groups -OCH3 is 1. The van der Waals surface area contributed by atoms with Crippen LogP contribution in [0, 0.1) is 5.92 Å². The van der Waals surface area contributed by atoms with Crippen LogP contribution in [0.1, 0.15) is 42.0 Å². The van der Waals surface area contributed by atoms with E-state index < -0.39 is 6.36 Å². The SMILES string of the molecule is COc1ccc(-c2ccc3c(c2)C2[C@@H](C)C3CCN2Cc2ccc(OC(F)(F)F)cc2)cc1. The average molecular weight is 454 g/mol. The van der Waals surface area contributed by atoms with Crippen LogP contribution in [0.5, 0.6) is 11.5 Å². The minimum atomic E-state index is -4.67. The number of nitrogens with zero attached hydrogens (tertiary/aromatic N) is 1. The second kappa shape index (κ2) is 8.41. The average Bonchev–Trinajstić information content (AvgIpc) is 2.96. The molecule has 1 aliphatic carbocycles. The highest BCUT2D eigenvalue weighted by atomic mass is 19.4. The van der Waals surface area contributed by atoms with E-state index in [-0.39, 0.29) is 5.75 Å². The first-order chi connectivity index (χ1) is 15.8. The van der Waals surface area contributed by atoms with E-state index in [1.807, 2.05) is 12.1 Å². The van der Waals surface area contributed by atoms with E-state index in [9.17, 15) is 13.2 Å². The summed E-state index contributed by atoms with van der Waals surface area (Å²) in [6, 6.07) is 21.4. The Morgan fingerprint density at radius 3 is 2.21 bits per heavy atom. The van der Waals surface area contributed by atoms with E-state index in [2.05, 4.69) is 46.9 Å². The summed E-state index contributed by atoms with van der Waals surface area (Å²) in [5, 5.41) is 0. The Labute approximate surface area is 191 Å². The van der Waals surface area contributed by atoms with Crippen molar-refractivity contribution in [3.05, 3.63) is 83.4 Å². The fraction of sp³-hybridized carbons (Fsp3) is 0.333. The number of likely N-dealkylation sites (tertiary alicyclic amines) is 1. The van der Waals surface area contributed by atoms with E-state index in [1.165, 1.54) is 28.8 Å². The number of hydrogen-bond acceptors (Lipinski definition) is 3. The number of halogens is 3. The lowest BCUT2D eigenvalue weighted by molar-refractivity contribution is -0.274. The van der Waals surface area contributed by atoms with Gasteiger partial charge in [0.25, 0.3) is 0 Å². The van der Waals surface area contributed by atoms with Crippen molar-refractivity contribution in [1.29, 1.82) is 0 Å². The van der Waals surface area contributed by atoms with Gasteiger partial charge >= 0.3 is 6.36 Å². The maximum Gasteiger partial charge on any atom is 0.573 e. The first kappa shape index (κ1) is 21.8. The van der Waals surface area contributed by atoms with Gasteiger partial charge in [-0.05, 0) is 83.0 Å². The lowest BCUT2D eigenvalue weighted by atomic mass is 9.85. The van der Waals surface area contributed by atoms with Gasteiger partial charge < -0.3 is 9.47 Å². The Bertz CT molecular complexity index is 1130. The van der Waals surface area contributed by atoms with Gasteiger partial charge in [0.05, 0.1) is 7.11 Å². The number of fused-ring (bicyclic) bond motifs is 5. The molecule has 2 bridgehead atoms. The molecule has 5 rings (SSSR count). The van der Waals surface area contributed by atoms with Crippen molar-refractivity contribution >= 4 is 0 Å². The summed E-state index contributed by atoms with van der Waals surface area (Å²) in [6.07, 6.45) is -3.59. The van der Waals surface area contributed by atoms with E-state index in [0.29, 0.717) is 24.4 Å². The van der Waals surface area contributed by atoms with Crippen LogP contribution in [0.25, 0.3) is 11.1 Å². The van der Waals surface area contributed by atoms with Gasteiger partial charge in [-0.25, -0.2) is 0 Å². The van der Waals surface area contributed by atoms with Gasteiger partial charge in [-0.1, -0.05) is 43.3 Å². The molecule has 1 fully saturated rings. The molecule has 0 N–H and O–H groups in total. The molecule has 1 heterocycles. The van der Waals surface area contributed by atoms with Crippen molar-refractivity contribution in [3.63, 3.8) is 0 Å². The molecule has 33 heavy (non-hydrogen) atoms. The molecule has 0 amide bonds. The highest BCUT2D eigenvalue weighted by Crippen LogP contribution is 2.54. The number of rotatable bonds is 5. The van der Waals surface area contributed by atoms with Crippen LogP contribution in [0.15, 0.2) is 66.7 Å². The predicted octanol–water partition coefficient (Wildman–Crippen LogP) is 6.94. The zero-order chi connectivity index (χ0) is 23.2. The van der Waals surface area contributed by atoms with E-state index >= 15 is 0 Å². The third-order valence-electron chi connectivity index (χ3n) is 7.02. The van der Waals surface area contributed by atoms with Crippen molar-refractivity contribution < 1.29 is 22.6 Å². The van der Waals surface area contributed by atoms with Gasteiger partial charge in [-0.2, -0.15) is 0 Å². The number of ether oxygens (including phenoxy) is 2. The maximum atomic E-state index is 12.5. The number of alkyl halides is 3. The van der Waals surface area contributed by atoms with Gasteiger partial charge in [-0.15, -0.1) is 13.2 Å². The molecule has 0 radical (unpaired) electrons. The van der Waals surface area contributed by atoms with Crippen molar-refractivity contribution in [2.24, 2.45) is 5.92 Å². The van der Waals surface area contributed by atoms with E-state index in [0.717, 1.165) is 29.8 Å². The number of benzene rings is 3. The highest BCUT2D eigenvalue weighted by Gasteiger charge is 2.44. The van der Waals surface area contributed by atoms with Crippen LogP contribution >= 0.6 is 0 Å². The molecule has 3 atom stereocenters. The first-order valence-electron chi connectivity index (χ1n) is 11.2. The summed E-state index contributed by atoms with van der Waals surface area (Å²) in [5.74, 6) is 1.69. The molecular weight excluding hydrogens is 427 g/mol. The Kier molecular flexibility index (Phi) is 5.57. The Hall–Kier alpha value is -2.99. The quantitative estimate of drug-likeness (QED) is 0.418. The first-order valence-corrected chi connectivity index (χ1v) is 11.2. The minimum absolute atomic E-state index is 0.186. The highest BCUT2D eigenvalue weighted by molar-refractivity contribution is 5.67. The zero-order valence-corrected chi connectivity index (χ0v) is 18.6. The van der Waals surface area contributed by atoms with Crippen molar-refractivity contribution in [2.75, 3.05) is 13.7 Å². The molecule has 172 valence electrons. The molecule has 1 saturated heterocycles. The minimum Gasteiger partial charge on any atom is -0.497 e. The maximum absolute atomic E-state index is 12.5. The standard InChI is InChI=1S/C27H26F3NO2/c1-17-23-13-14-31(16-18-3-8-22(9-4-18)33-27(28,29)30)26(17)25-15-20(7-12-24(23)25)19-5-10-21(32-2)11-6-19/h3-12,15,17,23,26H,13-14,16H2,1-2H3/t17-,23?,26?/m0/s1. The summed E-state index contributed by atoms with van der Waals surface area (Å²) < 4.78 is 46.7. The lowest BCUT2D eigenvalue weighted by Crippen LogP contribution is -2.36. The fourth-order valence-corrected chi connectivity index (χ4v) is 5.52. The largest absolute Gasteiger partial charge is 0.573 e. The molecule has 0 saturated carbocycles. The zero-order valence-electron chi connectivity index (χ0n) is 18.6.